The van der Waals surface area contributed by atoms with Crippen LogP contribution in [0.5, 0.6) is 0 Å². The fourth-order valence-electron chi connectivity index (χ4n) is 2.97. The van der Waals surface area contributed by atoms with Crippen molar-refractivity contribution in [1.82, 2.24) is 4.90 Å². The van der Waals surface area contributed by atoms with Crippen molar-refractivity contribution in [3.05, 3.63) is 60.1 Å². The zero-order chi connectivity index (χ0) is 14.7. The van der Waals surface area contributed by atoms with E-state index in [4.69, 9.17) is 4.42 Å². The van der Waals surface area contributed by atoms with Crippen LogP contribution < -0.4 is 0 Å². The number of aliphatic hydroxyl groups is 1. The van der Waals surface area contributed by atoms with Crippen LogP contribution in [0.2, 0.25) is 0 Å². The lowest BCUT2D eigenvalue weighted by Gasteiger charge is -2.26. The van der Waals surface area contributed by atoms with Crippen LogP contribution in [0.4, 0.5) is 0 Å². The lowest BCUT2D eigenvalue weighted by atomic mass is 10.0. The number of likely N-dealkylation sites (tertiary alicyclic amines) is 1. The smallest absolute Gasteiger partial charge is 0.257 e. The van der Waals surface area contributed by atoms with Crippen LogP contribution in [0.1, 0.15) is 41.3 Å². The number of hydrogen-bond donors (Lipinski definition) is 1. The van der Waals surface area contributed by atoms with Crippen molar-refractivity contribution in [3.63, 3.8) is 0 Å². The summed E-state index contributed by atoms with van der Waals surface area (Å²) in [5, 5.41) is 10.4. The minimum atomic E-state index is -0.533. The summed E-state index contributed by atoms with van der Waals surface area (Å²) in [6, 6.07) is 11.4. The SMILES string of the molecule is O=C(c1ccoc1)N1CCC[C@@H]1C[C@@H](O)c1ccccc1. The molecule has 1 aliphatic heterocycles. The zero-order valence-electron chi connectivity index (χ0n) is 11.8. The molecule has 0 bridgehead atoms. The first-order chi connectivity index (χ1) is 10.3. The van der Waals surface area contributed by atoms with Crippen molar-refractivity contribution in [2.75, 3.05) is 6.54 Å². The molecule has 1 saturated heterocycles. The van der Waals surface area contributed by atoms with E-state index in [1.165, 1.54) is 12.5 Å². The maximum Gasteiger partial charge on any atom is 0.257 e. The second kappa shape index (κ2) is 6.14. The number of carbonyl (C=O) groups is 1. The molecular weight excluding hydrogens is 266 g/mol. The highest BCUT2D eigenvalue weighted by atomic mass is 16.3. The van der Waals surface area contributed by atoms with Gasteiger partial charge in [0.2, 0.25) is 0 Å². The highest BCUT2D eigenvalue weighted by molar-refractivity contribution is 5.94. The third kappa shape index (κ3) is 3.00. The average molecular weight is 285 g/mol. The maximum atomic E-state index is 12.4. The minimum absolute atomic E-state index is 0.00786. The van der Waals surface area contributed by atoms with Crippen LogP contribution in [-0.4, -0.2) is 28.5 Å². The van der Waals surface area contributed by atoms with Gasteiger partial charge in [-0.15, -0.1) is 0 Å². The summed E-state index contributed by atoms with van der Waals surface area (Å²) >= 11 is 0. The van der Waals surface area contributed by atoms with Gasteiger partial charge in [-0.1, -0.05) is 30.3 Å². The van der Waals surface area contributed by atoms with Crippen molar-refractivity contribution in [2.24, 2.45) is 0 Å². The van der Waals surface area contributed by atoms with Crippen LogP contribution in [0.15, 0.2) is 53.3 Å². The zero-order valence-corrected chi connectivity index (χ0v) is 11.8. The number of hydrogen-bond acceptors (Lipinski definition) is 3. The summed E-state index contributed by atoms with van der Waals surface area (Å²) in [5.74, 6) is -0.00786. The largest absolute Gasteiger partial charge is 0.472 e. The third-order valence-electron chi connectivity index (χ3n) is 4.09. The molecule has 2 atom stereocenters. The van der Waals surface area contributed by atoms with Gasteiger partial charge in [-0.05, 0) is 30.9 Å². The number of aliphatic hydroxyl groups excluding tert-OH is 1. The Morgan fingerprint density at radius 3 is 2.86 bits per heavy atom. The van der Waals surface area contributed by atoms with E-state index in [9.17, 15) is 9.90 Å². The third-order valence-corrected chi connectivity index (χ3v) is 4.09. The Morgan fingerprint density at radius 2 is 2.14 bits per heavy atom. The molecule has 1 aromatic heterocycles. The molecule has 4 nitrogen and oxygen atoms in total. The molecule has 1 N–H and O–H groups in total. The van der Waals surface area contributed by atoms with E-state index >= 15 is 0 Å². The van der Waals surface area contributed by atoms with Crippen LogP contribution in [0.3, 0.4) is 0 Å². The van der Waals surface area contributed by atoms with E-state index < -0.39 is 6.10 Å². The predicted octanol–water partition coefficient (Wildman–Crippen LogP) is 3.01. The van der Waals surface area contributed by atoms with Gasteiger partial charge in [0.25, 0.3) is 5.91 Å². The standard InChI is InChI=1S/C17H19NO3/c19-16(13-5-2-1-3-6-13)11-15-7-4-9-18(15)17(20)14-8-10-21-12-14/h1-3,5-6,8,10,12,15-16,19H,4,7,9,11H2/t15-,16-/m1/s1. The number of benzene rings is 1. The highest BCUT2D eigenvalue weighted by Crippen LogP contribution is 2.28. The van der Waals surface area contributed by atoms with Crippen LogP contribution >= 0.6 is 0 Å². The van der Waals surface area contributed by atoms with E-state index in [1.54, 1.807) is 6.07 Å². The molecule has 0 unspecified atom stereocenters. The van der Waals surface area contributed by atoms with Gasteiger partial charge in [-0.25, -0.2) is 0 Å². The molecule has 0 aliphatic carbocycles. The molecule has 110 valence electrons. The summed E-state index contributed by atoms with van der Waals surface area (Å²) in [5.41, 5.74) is 1.48. The Labute approximate surface area is 124 Å². The Balaban J connectivity index is 1.68. The fraction of sp³-hybridized carbons (Fsp3) is 0.353. The second-order valence-corrected chi connectivity index (χ2v) is 5.47. The van der Waals surface area contributed by atoms with Gasteiger partial charge in [-0.3, -0.25) is 4.79 Å². The number of nitrogens with zero attached hydrogens (tertiary/aromatic N) is 1. The molecule has 2 heterocycles. The van der Waals surface area contributed by atoms with Crippen LogP contribution in [0.25, 0.3) is 0 Å². The molecule has 2 aromatic rings. The Kier molecular flexibility index (Phi) is 4.06. The van der Waals surface area contributed by atoms with E-state index in [-0.39, 0.29) is 11.9 Å². The number of furan rings is 1. The average Bonchev–Trinajstić information content (AvgIpc) is 3.19. The lowest BCUT2D eigenvalue weighted by Crippen LogP contribution is -2.36. The summed E-state index contributed by atoms with van der Waals surface area (Å²) in [6.07, 6.45) is 4.95. The topological polar surface area (TPSA) is 53.7 Å². The van der Waals surface area contributed by atoms with Crippen molar-refractivity contribution >= 4 is 5.91 Å². The minimum Gasteiger partial charge on any atom is -0.472 e. The summed E-state index contributed by atoms with van der Waals surface area (Å²) in [4.78, 5) is 14.3. The number of carbonyl (C=O) groups excluding carboxylic acids is 1. The van der Waals surface area contributed by atoms with Crippen molar-refractivity contribution in [1.29, 1.82) is 0 Å². The summed E-state index contributed by atoms with van der Waals surface area (Å²) < 4.78 is 4.98. The van der Waals surface area contributed by atoms with E-state index in [0.29, 0.717) is 12.0 Å². The second-order valence-electron chi connectivity index (χ2n) is 5.47. The van der Waals surface area contributed by atoms with Gasteiger partial charge in [0.05, 0.1) is 17.9 Å². The Hall–Kier alpha value is -2.07. The van der Waals surface area contributed by atoms with Crippen LogP contribution in [0, 0.1) is 0 Å². The molecular formula is C17H19NO3. The Bertz CT molecular complexity index is 579. The monoisotopic (exact) mass is 285 g/mol. The van der Waals surface area contributed by atoms with E-state index in [1.807, 2.05) is 35.2 Å². The normalized spacial score (nSPS) is 19.7. The molecule has 0 spiro atoms. The molecule has 3 rings (SSSR count). The molecule has 1 amide bonds. The molecule has 0 radical (unpaired) electrons. The van der Waals surface area contributed by atoms with Gasteiger partial charge in [0, 0.05) is 12.6 Å². The molecule has 1 fully saturated rings. The Morgan fingerprint density at radius 1 is 1.33 bits per heavy atom. The van der Waals surface area contributed by atoms with Crippen LogP contribution in [-0.2, 0) is 0 Å². The molecule has 1 aromatic carbocycles. The lowest BCUT2D eigenvalue weighted by molar-refractivity contribution is 0.0666. The van der Waals surface area contributed by atoms with Crippen molar-refractivity contribution < 1.29 is 14.3 Å². The number of amides is 1. The fourth-order valence-corrected chi connectivity index (χ4v) is 2.97. The molecule has 0 saturated carbocycles. The van der Waals surface area contributed by atoms with Crippen molar-refractivity contribution in [2.45, 2.75) is 31.4 Å². The molecule has 1 aliphatic rings. The first-order valence-electron chi connectivity index (χ1n) is 7.32. The van der Waals surface area contributed by atoms with E-state index in [2.05, 4.69) is 0 Å². The van der Waals surface area contributed by atoms with Gasteiger partial charge >= 0.3 is 0 Å². The van der Waals surface area contributed by atoms with Gasteiger partial charge in [0.1, 0.15) is 6.26 Å². The number of rotatable bonds is 4. The van der Waals surface area contributed by atoms with Crippen molar-refractivity contribution in [3.8, 4) is 0 Å². The molecule has 21 heavy (non-hydrogen) atoms. The summed E-state index contributed by atoms with van der Waals surface area (Å²) in [7, 11) is 0. The van der Waals surface area contributed by atoms with Gasteiger partial charge < -0.3 is 14.4 Å². The summed E-state index contributed by atoms with van der Waals surface area (Å²) in [6.45, 7) is 0.746. The van der Waals surface area contributed by atoms with E-state index in [0.717, 1.165) is 24.9 Å². The quantitative estimate of drug-likeness (QED) is 0.939. The maximum absolute atomic E-state index is 12.4. The highest BCUT2D eigenvalue weighted by Gasteiger charge is 2.31. The first kappa shape index (κ1) is 13.9. The van der Waals surface area contributed by atoms with Gasteiger partial charge in [-0.2, -0.15) is 0 Å². The molecule has 4 heteroatoms. The first-order valence-corrected chi connectivity index (χ1v) is 7.32. The van der Waals surface area contributed by atoms with Gasteiger partial charge in [0.15, 0.2) is 0 Å². The predicted molar refractivity (Wildman–Crippen MR) is 78.8 cm³/mol.